The molecule has 2 N–H and O–H groups in total. The summed E-state index contributed by atoms with van der Waals surface area (Å²) in [6, 6.07) is 10.4. The van der Waals surface area contributed by atoms with Gasteiger partial charge in [-0.25, -0.2) is 4.98 Å². The molecule has 3 heterocycles. The van der Waals surface area contributed by atoms with Gasteiger partial charge in [0.25, 0.3) is 0 Å². The first-order valence-electron chi connectivity index (χ1n) is 10.0. The van der Waals surface area contributed by atoms with E-state index in [1.54, 1.807) is 0 Å². The lowest BCUT2D eigenvalue weighted by Gasteiger charge is -2.24. The highest BCUT2D eigenvalue weighted by molar-refractivity contribution is 5.94. The molecular weight excluding hydrogens is 352 g/mol. The van der Waals surface area contributed by atoms with Crippen molar-refractivity contribution in [2.24, 2.45) is 5.92 Å². The van der Waals surface area contributed by atoms with Crippen molar-refractivity contribution in [3.05, 3.63) is 36.5 Å². The van der Waals surface area contributed by atoms with Gasteiger partial charge in [-0.2, -0.15) is 5.10 Å². The third-order valence-electron chi connectivity index (χ3n) is 6.41. The minimum absolute atomic E-state index is 0.00909. The van der Waals surface area contributed by atoms with Gasteiger partial charge in [0.1, 0.15) is 22.9 Å². The monoisotopic (exact) mass is 378 g/mol. The molecule has 3 atom stereocenters. The predicted octanol–water partition coefficient (Wildman–Crippen LogP) is 3.76. The van der Waals surface area contributed by atoms with Crippen LogP contribution in [-0.2, 0) is 0 Å². The number of fused-ring (bicyclic) bond motifs is 1. The number of aliphatic hydroxyl groups excluding tert-OH is 1. The van der Waals surface area contributed by atoms with Gasteiger partial charge in [-0.15, -0.1) is 0 Å². The standard InChI is InChI=1S/C22H26N4O2/c1-13-14(2)26(12-19(13)27)20-10-15(6-9-23-20)21-17-11-16(28-22(3)7-8-22)4-5-18(17)24-25-21/h4-6,9-11,13-14,19,27H,7-8,12H2,1-3H3,(H,24,25)/t13-,14-,19-/m0/s1. The molecule has 6 nitrogen and oxygen atoms in total. The topological polar surface area (TPSA) is 74.3 Å². The Morgan fingerprint density at radius 2 is 2.04 bits per heavy atom. The Labute approximate surface area is 164 Å². The average Bonchev–Trinajstić information content (AvgIpc) is 3.17. The van der Waals surface area contributed by atoms with Crippen LogP contribution >= 0.6 is 0 Å². The molecule has 3 aromatic rings. The first kappa shape index (κ1) is 17.5. The summed E-state index contributed by atoms with van der Waals surface area (Å²) in [5.41, 5.74) is 2.88. The van der Waals surface area contributed by atoms with E-state index in [4.69, 9.17) is 4.74 Å². The molecule has 2 aromatic heterocycles. The number of β-amino-alcohol motifs (C(OH)–C–C–N with tert-alkyl or cyclic N) is 1. The van der Waals surface area contributed by atoms with Crippen LogP contribution in [0, 0.1) is 5.92 Å². The molecule has 2 aliphatic rings. The van der Waals surface area contributed by atoms with E-state index in [-0.39, 0.29) is 23.7 Å². The lowest BCUT2D eigenvalue weighted by Crippen LogP contribution is -2.29. The van der Waals surface area contributed by atoms with E-state index < -0.39 is 0 Å². The third kappa shape index (κ3) is 2.92. The largest absolute Gasteiger partial charge is 0.488 e. The van der Waals surface area contributed by atoms with E-state index in [2.05, 4.69) is 53.0 Å². The number of aromatic nitrogens is 3. The molecule has 1 aromatic carbocycles. The number of hydrogen-bond acceptors (Lipinski definition) is 5. The summed E-state index contributed by atoms with van der Waals surface area (Å²) in [4.78, 5) is 6.73. The number of aliphatic hydroxyl groups is 1. The fraction of sp³-hybridized carbons (Fsp3) is 0.455. The number of nitrogens with zero attached hydrogens (tertiary/aromatic N) is 3. The molecule has 0 spiro atoms. The SMILES string of the molecule is C[C@@H]1[C@@H](O)CN(c2cc(-c3n[nH]c4ccc(OC5(C)CC5)cc34)ccn2)[C@H]1C. The van der Waals surface area contributed by atoms with Crippen LogP contribution < -0.4 is 9.64 Å². The maximum Gasteiger partial charge on any atom is 0.129 e. The molecule has 0 radical (unpaired) electrons. The fourth-order valence-electron chi connectivity index (χ4n) is 4.00. The number of pyridine rings is 1. The van der Waals surface area contributed by atoms with E-state index in [1.807, 2.05) is 24.4 Å². The van der Waals surface area contributed by atoms with Gasteiger partial charge in [0.05, 0.1) is 11.6 Å². The zero-order valence-electron chi connectivity index (χ0n) is 16.5. The highest BCUT2D eigenvalue weighted by atomic mass is 16.5. The minimum atomic E-state index is -0.324. The van der Waals surface area contributed by atoms with Crippen LogP contribution in [-0.4, -0.2) is 44.6 Å². The second kappa shape index (κ2) is 6.21. The molecule has 146 valence electrons. The van der Waals surface area contributed by atoms with Crippen molar-refractivity contribution < 1.29 is 9.84 Å². The van der Waals surface area contributed by atoms with E-state index in [1.165, 1.54) is 0 Å². The van der Waals surface area contributed by atoms with Crippen LogP contribution in [0.1, 0.15) is 33.6 Å². The molecule has 1 aliphatic carbocycles. The Kier molecular flexibility index (Phi) is 3.88. The Hall–Kier alpha value is -2.60. The second-order valence-electron chi connectivity index (χ2n) is 8.55. The quantitative estimate of drug-likeness (QED) is 0.723. The first-order valence-corrected chi connectivity index (χ1v) is 10.0. The van der Waals surface area contributed by atoms with Gasteiger partial charge in [0, 0.05) is 35.7 Å². The number of benzene rings is 1. The summed E-state index contributed by atoms with van der Waals surface area (Å²) in [6.45, 7) is 6.98. The molecule has 1 aliphatic heterocycles. The highest BCUT2D eigenvalue weighted by Crippen LogP contribution is 2.41. The normalized spacial score (nSPS) is 26.0. The van der Waals surface area contributed by atoms with Gasteiger partial charge in [-0.3, -0.25) is 5.10 Å². The fourth-order valence-corrected chi connectivity index (χ4v) is 4.00. The summed E-state index contributed by atoms with van der Waals surface area (Å²) >= 11 is 0. The lowest BCUT2D eigenvalue weighted by molar-refractivity contribution is 0.149. The van der Waals surface area contributed by atoms with Crippen LogP contribution in [0.4, 0.5) is 5.82 Å². The molecule has 5 rings (SSSR count). The third-order valence-corrected chi connectivity index (χ3v) is 6.41. The smallest absolute Gasteiger partial charge is 0.129 e. The van der Waals surface area contributed by atoms with Crippen molar-refractivity contribution in [2.45, 2.75) is 51.4 Å². The number of ether oxygens (including phenoxy) is 1. The summed E-state index contributed by atoms with van der Waals surface area (Å²) in [5.74, 6) is 1.98. The van der Waals surface area contributed by atoms with E-state index in [0.29, 0.717) is 6.54 Å². The minimum Gasteiger partial charge on any atom is -0.488 e. The molecule has 2 fully saturated rings. The maximum atomic E-state index is 10.2. The molecule has 0 unspecified atom stereocenters. The molecular formula is C22H26N4O2. The second-order valence-corrected chi connectivity index (χ2v) is 8.55. The number of hydrogen-bond donors (Lipinski definition) is 2. The van der Waals surface area contributed by atoms with Crippen molar-refractivity contribution in [3.63, 3.8) is 0 Å². The van der Waals surface area contributed by atoms with Gasteiger partial charge in [-0.05, 0) is 57.0 Å². The van der Waals surface area contributed by atoms with Gasteiger partial charge in [-0.1, -0.05) is 6.92 Å². The average molecular weight is 378 g/mol. The molecule has 1 saturated heterocycles. The Morgan fingerprint density at radius 3 is 2.75 bits per heavy atom. The van der Waals surface area contributed by atoms with Crippen molar-refractivity contribution in [1.29, 1.82) is 0 Å². The zero-order valence-corrected chi connectivity index (χ0v) is 16.5. The van der Waals surface area contributed by atoms with Crippen molar-refractivity contribution in [1.82, 2.24) is 15.2 Å². The highest BCUT2D eigenvalue weighted by Gasteiger charge is 2.40. The number of H-pyrrole nitrogens is 1. The molecule has 28 heavy (non-hydrogen) atoms. The number of aromatic amines is 1. The van der Waals surface area contributed by atoms with Crippen LogP contribution in [0.25, 0.3) is 22.2 Å². The van der Waals surface area contributed by atoms with Crippen LogP contribution in [0.15, 0.2) is 36.5 Å². The molecule has 0 bridgehead atoms. The lowest BCUT2D eigenvalue weighted by atomic mass is 10.0. The number of anilines is 1. The predicted molar refractivity (Wildman–Crippen MR) is 110 cm³/mol. The summed E-state index contributed by atoms with van der Waals surface area (Å²) in [5, 5.41) is 18.9. The van der Waals surface area contributed by atoms with Gasteiger partial charge in [0.15, 0.2) is 0 Å². The first-order chi connectivity index (χ1) is 13.4. The van der Waals surface area contributed by atoms with Gasteiger partial charge < -0.3 is 14.7 Å². The van der Waals surface area contributed by atoms with Crippen molar-refractivity contribution >= 4 is 16.7 Å². The molecule has 0 amide bonds. The summed E-state index contributed by atoms with van der Waals surface area (Å²) < 4.78 is 6.13. The van der Waals surface area contributed by atoms with Crippen molar-refractivity contribution in [2.75, 3.05) is 11.4 Å². The van der Waals surface area contributed by atoms with Crippen molar-refractivity contribution in [3.8, 4) is 17.0 Å². The van der Waals surface area contributed by atoms with Crippen LogP contribution in [0.2, 0.25) is 0 Å². The van der Waals surface area contributed by atoms with E-state index in [0.717, 1.165) is 46.6 Å². The summed E-state index contributed by atoms with van der Waals surface area (Å²) in [7, 11) is 0. The summed E-state index contributed by atoms with van der Waals surface area (Å²) in [6.07, 6.45) is 3.71. The molecule has 6 heteroatoms. The van der Waals surface area contributed by atoms with Gasteiger partial charge in [0.2, 0.25) is 0 Å². The Morgan fingerprint density at radius 1 is 1.21 bits per heavy atom. The number of rotatable bonds is 4. The van der Waals surface area contributed by atoms with Crippen LogP contribution in [0.5, 0.6) is 5.75 Å². The Balaban J connectivity index is 1.51. The molecule has 1 saturated carbocycles. The maximum absolute atomic E-state index is 10.2. The zero-order chi connectivity index (χ0) is 19.5. The Bertz CT molecular complexity index is 1030. The number of nitrogens with one attached hydrogen (secondary N) is 1. The van der Waals surface area contributed by atoms with Crippen LogP contribution in [0.3, 0.4) is 0 Å². The van der Waals surface area contributed by atoms with Gasteiger partial charge >= 0.3 is 0 Å². The van der Waals surface area contributed by atoms with E-state index in [9.17, 15) is 5.11 Å². The van der Waals surface area contributed by atoms with E-state index >= 15 is 0 Å².